The van der Waals surface area contributed by atoms with E-state index in [9.17, 15) is 4.79 Å². The number of benzene rings is 2. The summed E-state index contributed by atoms with van der Waals surface area (Å²) in [4.78, 5) is 15.7. The van der Waals surface area contributed by atoms with E-state index in [4.69, 9.17) is 0 Å². The molecular weight excluding hydrogens is 332 g/mol. The van der Waals surface area contributed by atoms with Crippen molar-refractivity contribution in [2.24, 2.45) is 0 Å². The maximum atomic E-state index is 12.4. The fraction of sp³-hybridized carbons (Fsp3) is 0.286. The molecule has 0 aliphatic carbocycles. The Bertz CT molecular complexity index is 635. The quantitative estimate of drug-likeness (QED) is 0.275. The lowest BCUT2D eigenvalue weighted by molar-refractivity contribution is -0.107. The van der Waals surface area contributed by atoms with Crippen molar-refractivity contribution in [3.8, 4) is 0 Å². The molecule has 2 aromatic carbocycles. The number of hydrogen-bond acceptors (Lipinski definition) is 3. The number of carbonyl (C=O) groups excluding carboxylic acids is 1. The van der Waals surface area contributed by atoms with Gasteiger partial charge in [0.2, 0.25) is 5.12 Å². The third-order valence-corrected chi connectivity index (χ3v) is 5.43. The zero-order chi connectivity index (χ0) is 17.0. The molecule has 0 bridgehead atoms. The second-order valence-corrected chi connectivity index (χ2v) is 7.85. The van der Waals surface area contributed by atoms with E-state index in [0.717, 1.165) is 22.6 Å². The lowest BCUT2D eigenvalue weighted by Gasteiger charge is -2.07. The molecule has 0 fully saturated rings. The molecule has 126 valence electrons. The number of unbranched alkanes of at least 4 members (excludes halogenated alkanes) is 3. The molecule has 0 saturated heterocycles. The standard InChI is InChI=1S/C21H24OS2/c1-2-3-4-7-16-20(23-18-12-8-5-9-13-18)17-21(22)24-19-14-10-6-11-15-19/h5-6,8-15,17H,2-4,7,16H2,1H3/b20-17-. The van der Waals surface area contributed by atoms with Crippen molar-refractivity contribution in [1.29, 1.82) is 0 Å². The molecule has 1 nitrogen and oxygen atoms in total. The van der Waals surface area contributed by atoms with Crippen molar-refractivity contribution >= 4 is 28.6 Å². The lowest BCUT2D eigenvalue weighted by Crippen LogP contribution is -1.90. The van der Waals surface area contributed by atoms with Gasteiger partial charge in [-0.1, -0.05) is 74.3 Å². The Labute approximate surface area is 153 Å². The van der Waals surface area contributed by atoms with Crippen LogP contribution in [-0.4, -0.2) is 5.12 Å². The number of carbonyl (C=O) groups is 1. The molecule has 0 unspecified atom stereocenters. The van der Waals surface area contributed by atoms with Crippen LogP contribution in [0.5, 0.6) is 0 Å². The average molecular weight is 357 g/mol. The maximum absolute atomic E-state index is 12.4. The van der Waals surface area contributed by atoms with Crippen molar-refractivity contribution in [1.82, 2.24) is 0 Å². The van der Waals surface area contributed by atoms with E-state index >= 15 is 0 Å². The molecule has 0 radical (unpaired) electrons. The van der Waals surface area contributed by atoms with Crippen molar-refractivity contribution in [2.45, 2.75) is 48.8 Å². The molecular formula is C21H24OS2. The Balaban J connectivity index is 2.00. The highest BCUT2D eigenvalue weighted by molar-refractivity contribution is 8.14. The van der Waals surface area contributed by atoms with E-state index < -0.39 is 0 Å². The molecule has 0 atom stereocenters. The molecule has 3 heteroatoms. The van der Waals surface area contributed by atoms with Gasteiger partial charge in [0.15, 0.2) is 0 Å². The molecule has 0 spiro atoms. The van der Waals surface area contributed by atoms with Crippen LogP contribution < -0.4 is 0 Å². The molecule has 0 heterocycles. The first kappa shape index (κ1) is 18.9. The zero-order valence-corrected chi connectivity index (χ0v) is 15.7. The minimum atomic E-state index is 0.107. The van der Waals surface area contributed by atoms with Gasteiger partial charge in [0.25, 0.3) is 0 Å². The van der Waals surface area contributed by atoms with Crippen LogP contribution in [0.1, 0.15) is 39.0 Å². The molecule has 0 N–H and O–H groups in total. The van der Waals surface area contributed by atoms with Crippen molar-refractivity contribution < 1.29 is 4.79 Å². The summed E-state index contributed by atoms with van der Waals surface area (Å²) in [6.45, 7) is 2.22. The summed E-state index contributed by atoms with van der Waals surface area (Å²) in [7, 11) is 0. The monoisotopic (exact) mass is 356 g/mol. The molecule has 2 aromatic rings. The van der Waals surface area contributed by atoms with Gasteiger partial charge in [0, 0.05) is 15.9 Å². The zero-order valence-electron chi connectivity index (χ0n) is 14.1. The van der Waals surface area contributed by atoms with Crippen molar-refractivity contribution in [2.75, 3.05) is 0 Å². The third kappa shape index (κ3) is 7.41. The first-order valence-corrected chi connectivity index (χ1v) is 10.1. The molecule has 0 aliphatic rings. The van der Waals surface area contributed by atoms with Gasteiger partial charge < -0.3 is 0 Å². The first-order valence-electron chi connectivity index (χ1n) is 8.48. The van der Waals surface area contributed by atoms with E-state index in [1.807, 2.05) is 54.6 Å². The highest BCUT2D eigenvalue weighted by atomic mass is 32.2. The number of thioether (sulfide) groups is 2. The normalized spacial score (nSPS) is 11.5. The minimum Gasteiger partial charge on any atom is -0.282 e. The van der Waals surface area contributed by atoms with Gasteiger partial charge in [-0.2, -0.15) is 0 Å². The fourth-order valence-corrected chi connectivity index (χ4v) is 4.09. The second kappa shape index (κ2) is 11.2. The van der Waals surface area contributed by atoms with E-state index in [0.29, 0.717) is 0 Å². The van der Waals surface area contributed by atoms with E-state index in [1.54, 1.807) is 11.8 Å². The van der Waals surface area contributed by atoms with Gasteiger partial charge in [-0.15, -0.1) is 0 Å². The number of allylic oxidation sites excluding steroid dienone is 1. The summed E-state index contributed by atoms with van der Waals surface area (Å²) in [5.41, 5.74) is 0. The molecule has 0 saturated carbocycles. The molecule has 0 aliphatic heterocycles. The third-order valence-electron chi connectivity index (χ3n) is 3.51. The van der Waals surface area contributed by atoms with Gasteiger partial charge >= 0.3 is 0 Å². The molecule has 24 heavy (non-hydrogen) atoms. The summed E-state index contributed by atoms with van der Waals surface area (Å²) >= 11 is 3.01. The predicted octanol–water partition coefficient (Wildman–Crippen LogP) is 6.95. The summed E-state index contributed by atoms with van der Waals surface area (Å²) in [6.07, 6.45) is 7.65. The fourth-order valence-electron chi connectivity index (χ4n) is 2.28. The largest absolute Gasteiger partial charge is 0.282 e. The van der Waals surface area contributed by atoms with Crippen LogP contribution in [0.15, 0.2) is 81.4 Å². The predicted molar refractivity (Wildman–Crippen MR) is 106 cm³/mol. The Morgan fingerprint density at radius 1 is 0.833 bits per heavy atom. The molecule has 0 aromatic heterocycles. The number of hydrogen-bond donors (Lipinski definition) is 0. The van der Waals surface area contributed by atoms with E-state index in [-0.39, 0.29) is 5.12 Å². The van der Waals surface area contributed by atoms with Crippen LogP contribution in [0.2, 0.25) is 0 Å². The highest BCUT2D eigenvalue weighted by Gasteiger charge is 2.07. The van der Waals surface area contributed by atoms with Gasteiger partial charge in [-0.25, -0.2) is 0 Å². The van der Waals surface area contributed by atoms with E-state index in [2.05, 4.69) is 19.1 Å². The highest BCUT2D eigenvalue weighted by Crippen LogP contribution is 2.31. The van der Waals surface area contributed by atoms with Crippen LogP contribution in [-0.2, 0) is 4.79 Å². The first-order chi connectivity index (χ1) is 11.8. The van der Waals surface area contributed by atoms with Crippen LogP contribution >= 0.6 is 23.5 Å². The Morgan fingerprint density at radius 2 is 1.42 bits per heavy atom. The molecule has 2 rings (SSSR count). The topological polar surface area (TPSA) is 17.1 Å². The Hall–Kier alpha value is -1.45. The van der Waals surface area contributed by atoms with E-state index in [1.165, 1.54) is 35.9 Å². The van der Waals surface area contributed by atoms with Crippen LogP contribution in [0.25, 0.3) is 0 Å². The summed E-state index contributed by atoms with van der Waals surface area (Å²) < 4.78 is 0. The van der Waals surface area contributed by atoms with Crippen LogP contribution in [0.4, 0.5) is 0 Å². The van der Waals surface area contributed by atoms with Crippen LogP contribution in [0, 0.1) is 0 Å². The van der Waals surface area contributed by atoms with Gasteiger partial charge in [-0.05, 0) is 53.8 Å². The minimum absolute atomic E-state index is 0.107. The summed E-state index contributed by atoms with van der Waals surface area (Å²) in [5.74, 6) is 0. The van der Waals surface area contributed by atoms with Crippen molar-refractivity contribution in [3.05, 3.63) is 71.6 Å². The van der Waals surface area contributed by atoms with Gasteiger partial charge in [0.05, 0.1) is 0 Å². The maximum Gasteiger partial charge on any atom is 0.217 e. The second-order valence-electron chi connectivity index (χ2n) is 5.57. The SMILES string of the molecule is CCCCCC/C(=C/C(=O)Sc1ccccc1)Sc1ccccc1. The Kier molecular flexibility index (Phi) is 8.78. The Morgan fingerprint density at radius 3 is 2.00 bits per heavy atom. The summed E-state index contributed by atoms with van der Waals surface area (Å²) in [6, 6.07) is 20.1. The van der Waals surface area contributed by atoms with Crippen LogP contribution in [0.3, 0.4) is 0 Å². The lowest BCUT2D eigenvalue weighted by atomic mass is 10.1. The smallest absolute Gasteiger partial charge is 0.217 e. The summed E-state index contributed by atoms with van der Waals surface area (Å²) in [5, 5.41) is 0.107. The van der Waals surface area contributed by atoms with Crippen molar-refractivity contribution in [3.63, 3.8) is 0 Å². The van der Waals surface area contributed by atoms with Gasteiger partial charge in [0.1, 0.15) is 0 Å². The van der Waals surface area contributed by atoms with Gasteiger partial charge in [-0.3, -0.25) is 4.79 Å². The molecule has 0 amide bonds. The average Bonchev–Trinajstić information content (AvgIpc) is 2.60. The number of rotatable bonds is 9.